The third kappa shape index (κ3) is 2.75. The monoisotopic (exact) mass is 300 g/mol. The molecule has 0 bridgehead atoms. The summed E-state index contributed by atoms with van der Waals surface area (Å²) in [6.07, 6.45) is 0. The van der Waals surface area contributed by atoms with Crippen molar-refractivity contribution in [1.82, 2.24) is 10.3 Å². The first-order valence-electron chi connectivity index (χ1n) is 6.30. The number of fused-ring (bicyclic) bond motifs is 1. The van der Waals surface area contributed by atoms with Crippen LogP contribution in [-0.2, 0) is 10.5 Å². The number of hydrogen-bond donors (Lipinski definition) is 0. The van der Waals surface area contributed by atoms with E-state index in [1.165, 1.54) is 7.11 Å². The fourth-order valence-corrected chi connectivity index (χ4v) is 2.98. The molecule has 106 valence electrons. The van der Waals surface area contributed by atoms with Crippen molar-refractivity contribution in [3.05, 3.63) is 53.6 Å². The lowest BCUT2D eigenvalue weighted by Crippen LogP contribution is -2.05. The number of esters is 1. The molecule has 0 saturated heterocycles. The lowest BCUT2D eigenvalue weighted by atomic mass is 10.1. The second-order valence-electron chi connectivity index (χ2n) is 4.32. The minimum atomic E-state index is -0.386. The first kappa shape index (κ1) is 13.6. The quantitative estimate of drug-likeness (QED) is 0.544. The smallest absolute Gasteiger partial charge is 0.338 e. The third-order valence-corrected chi connectivity index (χ3v) is 4.10. The van der Waals surface area contributed by atoms with Gasteiger partial charge in [0.1, 0.15) is 11.0 Å². The van der Waals surface area contributed by atoms with Gasteiger partial charge in [0.25, 0.3) is 0 Å². The van der Waals surface area contributed by atoms with E-state index >= 15 is 0 Å². The van der Waals surface area contributed by atoms with Gasteiger partial charge in [0.15, 0.2) is 0 Å². The summed E-state index contributed by atoms with van der Waals surface area (Å²) in [4.78, 5) is 13.0. The molecule has 0 radical (unpaired) electrons. The second-order valence-corrected chi connectivity index (χ2v) is 5.37. The zero-order valence-electron chi connectivity index (χ0n) is 11.3. The molecular weight excluding hydrogens is 288 g/mol. The maximum Gasteiger partial charge on any atom is 0.338 e. The molecule has 0 spiro atoms. The minimum absolute atomic E-state index is 0.386. The Kier molecular flexibility index (Phi) is 3.87. The molecule has 5 nitrogen and oxygen atoms in total. The summed E-state index contributed by atoms with van der Waals surface area (Å²) in [5, 5.41) is 7.71. The van der Waals surface area contributed by atoms with E-state index in [1.807, 2.05) is 30.3 Å². The number of ether oxygens (including phenoxy) is 1. The molecule has 1 heterocycles. The van der Waals surface area contributed by atoms with Gasteiger partial charge in [0.2, 0.25) is 0 Å². The molecule has 0 aliphatic carbocycles. The standard InChI is InChI=1S/C15H12N2O3S/c1-19-15(18)11-7-8-13-14(17-20-16-13)12(11)9-21-10-5-3-2-4-6-10/h2-8H,9H2,1H3. The van der Waals surface area contributed by atoms with Crippen molar-refractivity contribution >= 4 is 28.8 Å². The van der Waals surface area contributed by atoms with Crippen LogP contribution in [0.25, 0.3) is 11.0 Å². The summed E-state index contributed by atoms with van der Waals surface area (Å²) in [5.41, 5.74) is 2.49. The average Bonchev–Trinajstić information content (AvgIpc) is 3.01. The highest BCUT2D eigenvalue weighted by Crippen LogP contribution is 2.28. The SMILES string of the molecule is COC(=O)c1ccc2nonc2c1CSc1ccccc1. The van der Waals surface area contributed by atoms with Gasteiger partial charge in [-0.2, -0.15) is 0 Å². The van der Waals surface area contributed by atoms with E-state index in [0.717, 1.165) is 10.5 Å². The predicted molar refractivity (Wildman–Crippen MR) is 79.1 cm³/mol. The zero-order valence-corrected chi connectivity index (χ0v) is 12.1. The van der Waals surface area contributed by atoms with Gasteiger partial charge in [-0.25, -0.2) is 9.42 Å². The number of methoxy groups -OCH3 is 1. The fraction of sp³-hybridized carbons (Fsp3) is 0.133. The fourth-order valence-electron chi connectivity index (χ4n) is 2.02. The highest BCUT2D eigenvalue weighted by atomic mass is 32.2. The van der Waals surface area contributed by atoms with Crippen molar-refractivity contribution < 1.29 is 14.2 Å². The molecule has 0 atom stereocenters. The third-order valence-electron chi connectivity index (χ3n) is 3.06. The Morgan fingerprint density at radius 3 is 2.76 bits per heavy atom. The van der Waals surface area contributed by atoms with Gasteiger partial charge < -0.3 is 4.74 Å². The minimum Gasteiger partial charge on any atom is -0.465 e. The number of hydrogen-bond acceptors (Lipinski definition) is 6. The summed E-state index contributed by atoms with van der Waals surface area (Å²) in [6, 6.07) is 13.3. The molecule has 0 N–H and O–H groups in total. The summed E-state index contributed by atoms with van der Waals surface area (Å²) in [7, 11) is 1.36. The molecule has 0 aliphatic heterocycles. The van der Waals surface area contributed by atoms with Crippen molar-refractivity contribution in [1.29, 1.82) is 0 Å². The van der Waals surface area contributed by atoms with E-state index < -0.39 is 0 Å². The summed E-state index contributed by atoms with van der Waals surface area (Å²) < 4.78 is 9.59. The van der Waals surface area contributed by atoms with Crippen molar-refractivity contribution in [2.24, 2.45) is 0 Å². The molecule has 3 rings (SSSR count). The van der Waals surface area contributed by atoms with Crippen LogP contribution in [0.4, 0.5) is 0 Å². The Morgan fingerprint density at radius 2 is 2.00 bits per heavy atom. The lowest BCUT2D eigenvalue weighted by molar-refractivity contribution is 0.0600. The number of aromatic nitrogens is 2. The zero-order chi connectivity index (χ0) is 14.7. The summed E-state index contributed by atoms with van der Waals surface area (Å²) in [5.74, 6) is 0.198. The summed E-state index contributed by atoms with van der Waals surface area (Å²) >= 11 is 1.62. The molecule has 2 aromatic carbocycles. The summed E-state index contributed by atoms with van der Waals surface area (Å²) in [6.45, 7) is 0. The highest BCUT2D eigenvalue weighted by Gasteiger charge is 2.18. The molecule has 6 heteroatoms. The van der Waals surface area contributed by atoms with Gasteiger partial charge in [0.05, 0.1) is 12.7 Å². The lowest BCUT2D eigenvalue weighted by Gasteiger charge is -2.07. The molecular formula is C15H12N2O3S. The van der Waals surface area contributed by atoms with Crippen LogP contribution in [0, 0.1) is 0 Å². The number of carbonyl (C=O) groups is 1. The number of carbonyl (C=O) groups excluding carboxylic acids is 1. The number of benzene rings is 2. The Morgan fingerprint density at radius 1 is 1.19 bits per heavy atom. The highest BCUT2D eigenvalue weighted by molar-refractivity contribution is 7.98. The Hall–Kier alpha value is -2.34. The van der Waals surface area contributed by atoms with Gasteiger partial charge in [-0.15, -0.1) is 11.8 Å². The molecule has 0 unspecified atom stereocenters. The first-order chi connectivity index (χ1) is 10.3. The van der Waals surface area contributed by atoms with Gasteiger partial charge in [-0.3, -0.25) is 0 Å². The number of rotatable bonds is 4. The second kappa shape index (κ2) is 5.97. The normalized spacial score (nSPS) is 10.7. The van der Waals surface area contributed by atoms with Crippen LogP contribution in [0.1, 0.15) is 15.9 Å². The van der Waals surface area contributed by atoms with Gasteiger partial charge >= 0.3 is 5.97 Å². The molecule has 21 heavy (non-hydrogen) atoms. The average molecular weight is 300 g/mol. The largest absolute Gasteiger partial charge is 0.465 e. The van der Waals surface area contributed by atoms with E-state index in [4.69, 9.17) is 9.37 Å². The number of nitrogens with zero attached hydrogens (tertiary/aromatic N) is 2. The molecule has 0 aliphatic rings. The van der Waals surface area contributed by atoms with Crippen LogP contribution in [0.5, 0.6) is 0 Å². The van der Waals surface area contributed by atoms with E-state index in [2.05, 4.69) is 10.3 Å². The maximum atomic E-state index is 11.9. The van der Waals surface area contributed by atoms with Crippen LogP contribution in [0.3, 0.4) is 0 Å². The first-order valence-corrected chi connectivity index (χ1v) is 7.28. The predicted octanol–water partition coefficient (Wildman–Crippen LogP) is 3.30. The van der Waals surface area contributed by atoms with Crippen molar-refractivity contribution in [2.45, 2.75) is 10.6 Å². The molecule has 0 saturated carbocycles. The van der Waals surface area contributed by atoms with Crippen molar-refractivity contribution in [3.63, 3.8) is 0 Å². The van der Waals surface area contributed by atoms with Crippen LogP contribution < -0.4 is 0 Å². The molecule has 0 amide bonds. The molecule has 1 aromatic heterocycles. The molecule has 0 fully saturated rings. The Bertz CT molecular complexity index is 771. The van der Waals surface area contributed by atoms with Crippen LogP contribution in [0.2, 0.25) is 0 Å². The Labute approximate surface area is 125 Å². The molecule has 3 aromatic rings. The maximum absolute atomic E-state index is 11.9. The van der Waals surface area contributed by atoms with Crippen LogP contribution in [0.15, 0.2) is 52.0 Å². The van der Waals surface area contributed by atoms with Crippen LogP contribution >= 0.6 is 11.8 Å². The van der Waals surface area contributed by atoms with E-state index in [0.29, 0.717) is 22.3 Å². The van der Waals surface area contributed by atoms with Gasteiger partial charge in [-0.05, 0) is 34.6 Å². The van der Waals surface area contributed by atoms with Crippen molar-refractivity contribution in [3.8, 4) is 0 Å². The van der Waals surface area contributed by atoms with E-state index in [1.54, 1.807) is 23.9 Å². The van der Waals surface area contributed by atoms with Crippen molar-refractivity contribution in [2.75, 3.05) is 7.11 Å². The Balaban J connectivity index is 1.98. The van der Waals surface area contributed by atoms with E-state index in [-0.39, 0.29) is 5.97 Å². The van der Waals surface area contributed by atoms with Gasteiger partial charge in [0, 0.05) is 16.2 Å². The van der Waals surface area contributed by atoms with E-state index in [9.17, 15) is 4.79 Å². The topological polar surface area (TPSA) is 65.2 Å². The van der Waals surface area contributed by atoms with Gasteiger partial charge in [-0.1, -0.05) is 18.2 Å². The van der Waals surface area contributed by atoms with Crippen LogP contribution in [-0.4, -0.2) is 23.4 Å². The number of thioether (sulfide) groups is 1.